The Labute approximate surface area is 104 Å². The Hall–Kier alpha value is -1.49. The van der Waals surface area contributed by atoms with Gasteiger partial charge in [-0.15, -0.1) is 0 Å². The monoisotopic (exact) mass is 228 g/mol. The van der Waals surface area contributed by atoms with Gasteiger partial charge in [0, 0.05) is 5.69 Å². The van der Waals surface area contributed by atoms with E-state index in [4.69, 9.17) is 0 Å². The first-order chi connectivity index (χ1) is 8.28. The predicted molar refractivity (Wildman–Crippen MR) is 70.7 cm³/mol. The molecule has 0 aliphatic heterocycles. The second-order valence-electron chi connectivity index (χ2n) is 5.04. The number of nitriles is 1. The lowest BCUT2D eigenvalue weighted by molar-refractivity contribution is 0.290. The van der Waals surface area contributed by atoms with Gasteiger partial charge >= 0.3 is 0 Å². The molecule has 1 aliphatic carbocycles. The molecule has 1 saturated carbocycles. The normalized spacial score (nSPS) is 28.4. The third-order valence-corrected chi connectivity index (χ3v) is 3.91. The van der Waals surface area contributed by atoms with Crippen LogP contribution in [0, 0.1) is 17.2 Å². The Kier molecular flexibility index (Phi) is 3.68. The molecule has 1 aliphatic rings. The highest BCUT2D eigenvalue weighted by molar-refractivity contribution is 5.47. The standard InChI is InChI=1S/C15H20N2/c1-2-13-8-10-15(12-16,11-9-13)17-14-6-4-3-5-7-14/h3-7,13,17H,2,8-11H2,1H3. The number of benzene rings is 1. The molecule has 0 amide bonds. The molecule has 0 aromatic heterocycles. The highest BCUT2D eigenvalue weighted by atomic mass is 15.0. The van der Waals surface area contributed by atoms with Crippen LogP contribution in [0.25, 0.3) is 0 Å². The molecule has 0 heterocycles. The first kappa shape index (κ1) is 12.0. The molecule has 1 aromatic carbocycles. The first-order valence-electron chi connectivity index (χ1n) is 6.52. The molecule has 1 N–H and O–H groups in total. The van der Waals surface area contributed by atoms with Gasteiger partial charge in [0.25, 0.3) is 0 Å². The maximum absolute atomic E-state index is 9.45. The van der Waals surface area contributed by atoms with Crippen LogP contribution in [0.4, 0.5) is 5.69 Å². The molecule has 2 rings (SSSR count). The van der Waals surface area contributed by atoms with Crippen LogP contribution < -0.4 is 5.32 Å². The zero-order valence-corrected chi connectivity index (χ0v) is 10.4. The molecular weight excluding hydrogens is 208 g/mol. The van der Waals surface area contributed by atoms with Gasteiger partial charge in [-0.3, -0.25) is 0 Å². The van der Waals surface area contributed by atoms with Gasteiger partial charge in [0.05, 0.1) is 6.07 Å². The maximum atomic E-state index is 9.45. The van der Waals surface area contributed by atoms with Crippen molar-refractivity contribution < 1.29 is 0 Å². The van der Waals surface area contributed by atoms with Gasteiger partial charge in [-0.1, -0.05) is 31.5 Å². The Morgan fingerprint density at radius 3 is 2.47 bits per heavy atom. The lowest BCUT2D eigenvalue weighted by atomic mass is 9.76. The van der Waals surface area contributed by atoms with E-state index in [1.165, 1.54) is 19.3 Å². The molecule has 0 unspecified atom stereocenters. The van der Waals surface area contributed by atoms with Crippen molar-refractivity contribution in [1.29, 1.82) is 5.26 Å². The molecule has 0 saturated heterocycles. The quantitative estimate of drug-likeness (QED) is 0.850. The number of nitrogens with zero attached hydrogens (tertiary/aromatic N) is 1. The summed E-state index contributed by atoms with van der Waals surface area (Å²) in [5, 5.41) is 12.9. The Morgan fingerprint density at radius 1 is 1.29 bits per heavy atom. The van der Waals surface area contributed by atoms with Crippen molar-refractivity contribution >= 4 is 5.69 Å². The summed E-state index contributed by atoms with van der Waals surface area (Å²) >= 11 is 0. The van der Waals surface area contributed by atoms with Crippen molar-refractivity contribution in [2.24, 2.45) is 5.92 Å². The second-order valence-corrected chi connectivity index (χ2v) is 5.04. The molecule has 1 aromatic rings. The number of para-hydroxylation sites is 1. The number of nitrogens with one attached hydrogen (secondary N) is 1. The van der Waals surface area contributed by atoms with Gasteiger partial charge in [-0.2, -0.15) is 5.26 Å². The highest BCUT2D eigenvalue weighted by Gasteiger charge is 2.34. The van der Waals surface area contributed by atoms with Crippen LogP contribution in [0.3, 0.4) is 0 Å². The third kappa shape index (κ3) is 2.79. The van der Waals surface area contributed by atoms with Crippen LogP contribution in [-0.4, -0.2) is 5.54 Å². The molecule has 0 atom stereocenters. The summed E-state index contributed by atoms with van der Waals surface area (Å²) in [4.78, 5) is 0. The predicted octanol–water partition coefficient (Wildman–Crippen LogP) is 3.96. The molecule has 0 radical (unpaired) electrons. The van der Waals surface area contributed by atoms with Gasteiger partial charge in [-0.25, -0.2) is 0 Å². The van der Waals surface area contributed by atoms with E-state index >= 15 is 0 Å². The summed E-state index contributed by atoms with van der Waals surface area (Å²) in [7, 11) is 0. The fourth-order valence-corrected chi connectivity index (χ4v) is 2.64. The van der Waals surface area contributed by atoms with Gasteiger partial charge in [0.2, 0.25) is 0 Å². The summed E-state index contributed by atoms with van der Waals surface area (Å²) in [6.07, 6.45) is 5.52. The highest BCUT2D eigenvalue weighted by Crippen LogP contribution is 2.35. The first-order valence-corrected chi connectivity index (χ1v) is 6.52. The molecule has 0 spiro atoms. The topological polar surface area (TPSA) is 35.8 Å². The SMILES string of the molecule is CCC1CCC(C#N)(Nc2ccccc2)CC1. The van der Waals surface area contributed by atoms with Crippen molar-refractivity contribution in [3.05, 3.63) is 30.3 Å². The largest absolute Gasteiger partial charge is 0.367 e. The van der Waals surface area contributed by atoms with E-state index in [0.717, 1.165) is 24.4 Å². The van der Waals surface area contributed by atoms with Crippen LogP contribution in [-0.2, 0) is 0 Å². The van der Waals surface area contributed by atoms with E-state index in [1.54, 1.807) is 0 Å². The number of anilines is 1. The summed E-state index contributed by atoms with van der Waals surface area (Å²) in [5.74, 6) is 0.814. The van der Waals surface area contributed by atoms with Crippen LogP contribution in [0.2, 0.25) is 0 Å². The third-order valence-electron chi connectivity index (χ3n) is 3.91. The van der Waals surface area contributed by atoms with E-state index in [1.807, 2.05) is 30.3 Å². The van der Waals surface area contributed by atoms with Gasteiger partial charge < -0.3 is 5.32 Å². The maximum Gasteiger partial charge on any atom is 0.125 e. The Bertz CT molecular complexity index is 383. The molecule has 17 heavy (non-hydrogen) atoms. The van der Waals surface area contributed by atoms with Crippen LogP contribution in [0.5, 0.6) is 0 Å². The molecule has 0 bridgehead atoms. The van der Waals surface area contributed by atoms with E-state index in [0.29, 0.717) is 0 Å². The number of hydrogen-bond donors (Lipinski definition) is 1. The fourth-order valence-electron chi connectivity index (χ4n) is 2.64. The van der Waals surface area contributed by atoms with Crippen LogP contribution in [0.1, 0.15) is 39.0 Å². The minimum Gasteiger partial charge on any atom is -0.367 e. The van der Waals surface area contributed by atoms with E-state index in [9.17, 15) is 5.26 Å². The molecule has 90 valence electrons. The van der Waals surface area contributed by atoms with E-state index in [-0.39, 0.29) is 5.54 Å². The summed E-state index contributed by atoms with van der Waals surface area (Å²) < 4.78 is 0. The second kappa shape index (κ2) is 5.23. The summed E-state index contributed by atoms with van der Waals surface area (Å²) in [6.45, 7) is 2.24. The molecule has 2 nitrogen and oxygen atoms in total. The van der Waals surface area contributed by atoms with Gasteiger partial charge in [0.15, 0.2) is 0 Å². The fraction of sp³-hybridized carbons (Fsp3) is 0.533. The smallest absolute Gasteiger partial charge is 0.125 e. The Morgan fingerprint density at radius 2 is 1.94 bits per heavy atom. The lowest BCUT2D eigenvalue weighted by Crippen LogP contribution is -2.40. The van der Waals surface area contributed by atoms with Crippen molar-refractivity contribution in [2.45, 2.75) is 44.6 Å². The number of rotatable bonds is 3. The van der Waals surface area contributed by atoms with Crippen molar-refractivity contribution in [1.82, 2.24) is 0 Å². The van der Waals surface area contributed by atoms with Crippen molar-refractivity contribution in [3.8, 4) is 6.07 Å². The zero-order valence-electron chi connectivity index (χ0n) is 10.4. The van der Waals surface area contributed by atoms with E-state index < -0.39 is 0 Å². The van der Waals surface area contributed by atoms with Gasteiger partial charge in [-0.05, 0) is 43.7 Å². The molecular formula is C15H20N2. The average Bonchev–Trinajstić information content (AvgIpc) is 2.41. The van der Waals surface area contributed by atoms with Crippen molar-refractivity contribution in [2.75, 3.05) is 5.32 Å². The number of hydrogen-bond acceptors (Lipinski definition) is 2. The summed E-state index contributed by atoms with van der Waals surface area (Å²) in [5.41, 5.74) is 0.719. The van der Waals surface area contributed by atoms with Gasteiger partial charge in [0.1, 0.15) is 5.54 Å². The van der Waals surface area contributed by atoms with E-state index in [2.05, 4.69) is 18.3 Å². The minimum atomic E-state index is -0.340. The summed E-state index contributed by atoms with van der Waals surface area (Å²) in [6, 6.07) is 12.6. The van der Waals surface area contributed by atoms with Crippen molar-refractivity contribution in [3.63, 3.8) is 0 Å². The average molecular weight is 228 g/mol. The van der Waals surface area contributed by atoms with Crippen LogP contribution >= 0.6 is 0 Å². The van der Waals surface area contributed by atoms with Crippen LogP contribution in [0.15, 0.2) is 30.3 Å². The Balaban J connectivity index is 2.05. The minimum absolute atomic E-state index is 0.340. The lowest BCUT2D eigenvalue weighted by Gasteiger charge is -2.36. The zero-order chi connectivity index (χ0) is 12.1. The molecule has 1 fully saturated rings. The molecule has 2 heteroatoms.